The van der Waals surface area contributed by atoms with E-state index in [9.17, 15) is 17.2 Å². The van der Waals surface area contributed by atoms with Crippen molar-refractivity contribution in [2.75, 3.05) is 6.26 Å². The third kappa shape index (κ3) is 2.59. The first-order valence-electron chi connectivity index (χ1n) is 5.01. The molecule has 0 saturated heterocycles. The number of nitriles is 1. The fourth-order valence-electron chi connectivity index (χ4n) is 1.65. The Morgan fingerprint density at radius 2 is 2.20 bits per heavy atom. The maximum absolute atomic E-state index is 12.4. The lowest BCUT2D eigenvalue weighted by molar-refractivity contribution is -0.0517. The van der Waals surface area contributed by atoms with Gasteiger partial charge in [0.2, 0.25) is 5.82 Å². The minimum Gasteiger partial charge on any atom is -0.433 e. The number of nitrogens with zero attached hydrogens (tertiary/aromatic N) is 2. The molecule has 106 valence electrons. The van der Waals surface area contributed by atoms with Gasteiger partial charge in [0.25, 0.3) is 0 Å². The summed E-state index contributed by atoms with van der Waals surface area (Å²) in [7, 11) is -3.84. The van der Waals surface area contributed by atoms with Crippen molar-refractivity contribution >= 4 is 36.8 Å². The highest BCUT2D eigenvalue weighted by Gasteiger charge is 2.25. The maximum atomic E-state index is 12.4. The number of fused-ring (bicyclic) bond motifs is 1. The normalized spacial score (nSPS) is 11.8. The highest BCUT2D eigenvalue weighted by atomic mass is 79.9. The van der Waals surface area contributed by atoms with Gasteiger partial charge in [0, 0.05) is 12.3 Å². The van der Waals surface area contributed by atoms with Crippen LogP contribution in [0.15, 0.2) is 15.4 Å². The van der Waals surface area contributed by atoms with E-state index in [1.807, 2.05) is 0 Å². The number of alkyl halides is 2. The monoisotopic (exact) mass is 365 g/mol. The van der Waals surface area contributed by atoms with Crippen LogP contribution < -0.4 is 4.74 Å². The molecule has 0 unspecified atom stereocenters. The predicted molar refractivity (Wildman–Crippen MR) is 68.3 cm³/mol. The quantitative estimate of drug-likeness (QED) is 0.899. The summed E-state index contributed by atoms with van der Waals surface area (Å²) < 4.78 is 52.4. The minimum absolute atomic E-state index is 0.0362. The van der Waals surface area contributed by atoms with Gasteiger partial charge in [-0.15, -0.1) is 0 Å². The van der Waals surface area contributed by atoms with Gasteiger partial charge in [0.15, 0.2) is 9.84 Å². The van der Waals surface area contributed by atoms with E-state index < -0.39 is 27.1 Å². The number of rotatable bonds is 3. The van der Waals surface area contributed by atoms with Crippen LogP contribution in [0.3, 0.4) is 0 Å². The van der Waals surface area contributed by atoms with Gasteiger partial charge >= 0.3 is 6.61 Å². The number of aromatic nitrogens is 2. The first-order valence-corrected chi connectivity index (χ1v) is 7.69. The van der Waals surface area contributed by atoms with Crippen LogP contribution in [0.5, 0.6) is 5.75 Å². The molecule has 0 amide bonds. The van der Waals surface area contributed by atoms with Gasteiger partial charge in [0.1, 0.15) is 22.2 Å². The lowest BCUT2D eigenvalue weighted by Crippen LogP contribution is -2.08. The molecule has 0 spiro atoms. The molecule has 0 aliphatic carbocycles. The van der Waals surface area contributed by atoms with Gasteiger partial charge in [-0.3, -0.25) is 0 Å². The smallest absolute Gasteiger partial charge is 0.387 e. The Balaban J connectivity index is 2.85. The molecule has 0 saturated carbocycles. The second-order valence-corrected chi connectivity index (χ2v) is 6.51. The van der Waals surface area contributed by atoms with E-state index in [0.717, 1.165) is 12.3 Å². The van der Waals surface area contributed by atoms with E-state index in [2.05, 4.69) is 30.6 Å². The van der Waals surface area contributed by atoms with E-state index in [1.165, 1.54) is 0 Å². The zero-order valence-corrected chi connectivity index (χ0v) is 12.2. The number of sulfone groups is 1. The molecule has 2 aromatic rings. The molecule has 1 heterocycles. The summed E-state index contributed by atoms with van der Waals surface area (Å²) in [5.41, 5.74) is 0.347. The van der Waals surface area contributed by atoms with Gasteiger partial charge in [-0.05, 0) is 15.9 Å². The molecule has 1 N–H and O–H groups in total. The van der Waals surface area contributed by atoms with Crippen LogP contribution >= 0.6 is 15.9 Å². The standard InChI is InChI=1S/C10H6BrF2N3O3S/c1-20(17,18)9-5(19-10(12)13)2-4-8(7(9)11)16-6(3-14)15-4/h2,10H,1H3,(H,15,16). The number of ether oxygens (including phenoxy) is 1. The molecule has 10 heteroatoms. The van der Waals surface area contributed by atoms with Crippen molar-refractivity contribution in [2.24, 2.45) is 0 Å². The zero-order valence-electron chi connectivity index (χ0n) is 9.82. The number of benzene rings is 1. The summed E-state index contributed by atoms with van der Waals surface area (Å²) in [6.45, 7) is -3.18. The predicted octanol–water partition coefficient (Wildman–Crippen LogP) is 2.20. The highest BCUT2D eigenvalue weighted by molar-refractivity contribution is 9.10. The largest absolute Gasteiger partial charge is 0.433 e. The molecule has 20 heavy (non-hydrogen) atoms. The maximum Gasteiger partial charge on any atom is 0.387 e. The molecule has 0 aliphatic rings. The fraction of sp³-hybridized carbons (Fsp3) is 0.200. The minimum atomic E-state index is -3.84. The van der Waals surface area contributed by atoms with Gasteiger partial charge in [0.05, 0.1) is 9.99 Å². The molecule has 1 aromatic carbocycles. The Morgan fingerprint density at radius 3 is 2.70 bits per heavy atom. The van der Waals surface area contributed by atoms with Crippen LogP contribution in [-0.2, 0) is 9.84 Å². The fourth-order valence-corrected chi connectivity index (χ4v) is 3.93. The Bertz CT molecular complexity index is 826. The summed E-state index contributed by atoms with van der Waals surface area (Å²) in [5.74, 6) is -0.593. The summed E-state index contributed by atoms with van der Waals surface area (Å²) in [5, 5.41) is 8.74. The molecule has 6 nitrogen and oxygen atoms in total. The molecule has 1 aromatic heterocycles. The topological polar surface area (TPSA) is 95.8 Å². The van der Waals surface area contributed by atoms with Crippen LogP contribution in [0.4, 0.5) is 8.78 Å². The Morgan fingerprint density at radius 1 is 1.55 bits per heavy atom. The van der Waals surface area contributed by atoms with Crippen molar-refractivity contribution in [3.63, 3.8) is 0 Å². The first kappa shape index (κ1) is 14.7. The Labute approximate surface area is 120 Å². The number of hydrogen-bond donors (Lipinski definition) is 1. The summed E-state index contributed by atoms with van der Waals surface area (Å²) in [4.78, 5) is 5.97. The van der Waals surface area contributed by atoms with Crippen LogP contribution in [0.25, 0.3) is 11.0 Å². The molecular formula is C10H6BrF2N3O3S. The summed E-state index contributed by atoms with van der Waals surface area (Å²) >= 11 is 3.00. The number of aromatic amines is 1. The van der Waals surface area contributed by atoms with E-state index in [-0.39, 0.29) is 21.3 Å². The lowest BCUT2D eigenvalue weighted by atomic mass is 10.3. The van der Waals surface area contributed by atoms with E-state index in [0.29, 0.717) is 0 Å². The lowest BCUT2D eigenvalue weighted by Gasteiger charge is -2.11. The van der Waals surface area contributed by atoms with Crippen LogP contribution in [0, 0.1) is 11.3 Å². The van der Waals surface area contributed by atoms with Gasteiger partial charge in [-0.1, -0.05) is 0 Å². The Hall–Kier alpha value is -1.73. The van der Waals surface area contributed by atoms with Crippen molar-refractivity contribution in [3.05, 3.63) is 16.4 Å². The Kier molecular flexibility index (Phi) is 3.66. The van der Waals surface area contributed by atoms with Crippen LogP contribution in [0.1, 0.15) is 5.82 Å². The second kappa shape index (κ2) is 4.99. The zero-order chi connectivity index (χ0) is 15.1. The molecule has 0 aliphatic heterocycles. The van der Waals surface area contributed by atoms with Gasteiger partial charge in [-0.25, -0.2) is 13.4 Å². The summed E-state index contributed by atoms with van der Waals surface area (Å²) in [6.07, 6.45) is 0.856. The van der Waals surface area contributed by atoms with Crippen LogP contribution in [-0.4, -0.2) is 31.3 Å². The van der Waals surface area contributed by atoms with E-state index in [4.69, 9.17) is 5.26 Å². The number of H-pyrrole nitrogens is 1. The average Bonchev–Trinajstić information content (AvgIpc) is 2.69. The first-order chi connectivity index (χ1) is 9.24. The van der Waals surface area contributed by atoms with Crippen molar-refractivity contribution in [3.8, 4) is 11.8 Å². The molecule has 0 fully saturated rings. The number of nitrogens with one attached hydrogen (secondary N) is 1. The molecule has 2 rings (SSSR count). The number of imidazole rings is 1. The van der Waals surface area contributed by atoms with E-state index in [1.54, 1.807) is 6.07 Å². The summed E-state index contributed by atoms with van der Waals surface area (Å²) in [6, 6.07) is 2.80. The van der Waals surface area contributed by atoms with E-state index >= 15 is 0 Å². The third-order valence-corrected chi connectivity index (χ3v) is 4.51. The van der Waals surface area contributed by atoms with Crippen molar-refractivity contribution in [1.82, 2.24) is 9.97 Å². The number of hydrogen-bond acceptors (Lipinski definition) is 5. The SMILES string of the molecule is CS(=O)(=O)c1c(OC(F)F)cc2[nH]c(C#N)nc2c1Br. The van der Waals surface area contributed by atoms with Crippen molar-refractivity contribution in [2.45, 2.75) is 11.5 Å². The average molecular weight is 366 g/mol. The van der Waals surface area contributed by atoms with Crippen molar-refractivity contribution in [1.29, 1.82) is 5.26 Å². The molecular weight excluding hydrogens is 360 g/mol. The second-order valence-electron chi connectivity index (χ2n) is 3.76. The number of halogens is 3. The molecule has 0 radical (unpaired) electrons. The van der Waals surface area contributed by atoms with Gasteiger partial charge in [-0.2, -0.15) is 14.0 Å². The van der Waals surface area contributed by atoms with Gasteiger partial charge < -0.3 is 9.72 Å². The van der Waals surface area contributed by atoms with Crippen LogP contribution in [0.2, 0.25) is 0 Å². The molecule has 0 bridgehead atoms. The van der Waals surface area contributed by atoms with Crippen molar-refractivity contribution < 1.29 is 21.9 Å². The highest BCUT2D eigenvalue weighted by Crippen LogP contribution is 2.38. The third-order valence-electron chi connectivity index (χ3n) is 2.33. The molecule has 0 atom stereocenters.